The first-order valence-corrected chi connectivity index (χ1v) is 12.6. The number of hydrogen-bond donors (Lipinski definition) is 1. The summed E-state index contributed by atoms with van der Waals surface area (Å²) < 4.78 is 0. The summed E-state index contributed by atoms with van der Waals surface area (Å²) in [6.07, 6.45) is 1.80. The number of likely N-dealkylation sites (tertiary alicyclic amines) is 1. The lowest BCUT2D eigenvalue weighted by atomic mass is 9.96. The topological polar surface area (TPSA) is 62.3 Å². The van der Waals surface area contributed by atoms with E-state index < -0.39 is 0 Å². The number of benzene rings is 1. The Morgan fingerprint density at radius 3 is 2.44 bits per heavy atom. The van der Waals surface area contributed by atoms with Crippen molar-refractivity contribution in [3.63, 3.8) is 0 Å². The van der Waals surface area contributed by atoms with E-state index in [0.717, 1.165) is 42.1 Å². The minimum atomic E-state index is -0.160. The van der Waals surface area contributed by atoms with E-state index in [4.69, 9.17) is 11.6 Å². The molecule has 2 aliphatic rings. The molecule has 0 radical (unpaired) electrons. The quantitative estimate of drug-likeness (QED) is 0.630. The van der Waals surface area contributed by atoms with E-state index in [1.54, 1.807) is 11.3 Å². The Morgan fingerprint density at radius 1 is 1.19 bits per heavy atom. The van der Waals surface area contributed by atoms with Gasteiger partial charge in [0.1, 0.15) is 5.69 Å². The highest BCUT2D eigenvalue weighted by molar-refractivity contribution is 7.09. The van der Waals surface area contributed by atoms with Crippen molar-refractivity contribution in [2.45, 2.75) is 59.9 Å². The van der Waals surface area contributed by atoms with E-state index in [0.29, 0.717) is 29.1 Å². The molecule has 1 N–H and O–H groups in total. The summed E-state index contributed by atoms with van der Waals surface area (Å²) in [4.78, 5) is 32.3. The van der Waals surface area contributed by atoms with Crippen LogP contribution < -0.4 is 5.32 Å². The van der Waals surface area contributed by atoms with Gasteiger partial charge < -0.3 is 10.2 Å². The van der Waals surface area contributed by atoms with Gasteiger partial charge in [-0.3, -0.25) is 9.59 Å². The Balaban J connectivity index is 1.31. The molecule has 2 aromatic rings. The molecule has 1 aromatic heterocycles. The number of hydrogen-bond acceptors (Lipinski definition) is 4. The van der Waals surface area contributed by atoms with E-state index in [1.807, 2.05) is 35.4 Å². The first-order valence-electron chi connectivity index (χ1n) is 11.3. The lowest BCUT2D eigenvalue weighted by molar-refractivity contribution is -0.134. The fourth-order valence-electron chi connectivity index (χ4n) is 5.05. The normalized spacial score (nSPS) is 20.2. The zero-order chi connectivity index (χ0) is 23.3. The van der Waals surface area contributed by atoms with Crippen molar-refractivity contribution in [3.8, 4) is 0 Å². The molecular weight excluding hydrogens is 442 g/mol. The summed E-state index contributed by atoms with van der Waals surface area (Å²) in [7, 11) is 0. The van der Waals surface area contributed by atoms with Gasteiger partial charge in [-0.05, 0) is 53.9 Å². The molecule has 0 spiro atoms. The van der Waals surface area contributed by atoms with E-state index in [9.17, 15) is 9.59 Å². The number of nitrogens with one attached hydrogen (secondary N) is 1. The molecule has 2 heterocycles. The fourth-order valence-corrected chi connectivity index (χ4v) is 6.24. The number of halogens is 1. The van der Waals surface area contributed by atoms with Gasteiger partial charge in [0.15, 0.2) is 0 Å². The summed E-state index contributed by atoms with van der Waals surface area (Å²) in [5.74, 6) is 0.568. The van der Waals surface area contributed by atoms with Crippen molar-refractivity contribution in [3.05, 3.63) is 50.4 Å². The fraction of sp³-hybridized carbons (Fsp3) is 0.560. The SMILES string of the molecule is Cc1cc(Cl)ccc1CNC(=O)c1csc(C2CCN(C(=O)C3C(C)(C)C3(C)C)CC2)n1. The summed E-state index contributed by atoms with van der Waals surface area (Å²) in [6, 6.07) is 5.66. The van der Waals surface area contributed by atoms with Crippen LogP contribution in [0.2, 0.25) is 5.02 Å². The molecule has 5 nitrogen and oxygen atoms in total. The number of carbonyl (C=O) groups is 2. The lowest BCUT2D eigenvalue weighted by Crippen LogP contribution is -2.40. The van der Waals surface area contributed by atoms with Crippen LogP contribution in [0.1, 0.15) is 73.1 Å². The zero-order valence-corrected chi connectivity index (χ0v) is 21.1. The van der Waals surface area contributed by atoms with Crippen LogP contribution in [0.4, 0.5) is 0 Å². The van der Waals surface area contributed by atoms with E-state index in [2.05, 4.69) is 38.0 Å². The molecule has 1 aliphatic carbocycles. The second-order valence-electron chi connectivity index (χ2n) is 10.3. The summed E-state index contributed by atoms with van der Waals surface area (Å²) in [6.45, 7) is 12.7. The van der Waals surface area contributed by atoms with Gasteiger partial charge in [0.05, 0.1) is 5.01 Å². The summed E-state index contributed by atoms with van der Waals surface area (Å²) in [5, 5.41) is 6.49. The minimum absolute atomic E-state index is 0.0725. The summed E-state index contributed by atoms with van der Waals surface area (Å²) in [5.41, 5.74) is 2.71. The average molecular weight is 474 g/mol. The van der Waals surface area contributed by atoms with Crippen LogP contribution in [0.3, 0.4) is 0 Å². The minimum Gasteiger partial charge on any atom is -0.347 e. The monoisotopic (exact) mass is 473 g/mol. The standard InChI is InChI=1S/C25H32ClN3O2S/c1-15-12-18(26)7-6-17(15)13-27-21(30)19-14-32-22(28-19)16-8-10-29(11-9-16)23(31)20-24(2,3)25(20,4)5/h6-7,12,14,16,20H,8-11,13H2,1-5H3,(H,27,30). The third-order valence-electron chi connectivity index (χ3n) is 7.92. The Kier molecular flexibility index (Phi) is 6.14. The third-order valence-corrected chi connectivity index (χ3v) is 9.16. The van der Waals surface area contributed by atoms with Gasteiger partial charge in [0.2, 0.25) is 5.91 Å². The van der Waals surface area contributed by atoms with E-state index in [1.165, 1.54) is 0 Å². The smallest absolute Gasteiger partial charge is 0.271 e. The third kappa shape index (κ3) is 4.19. The van der Waals surface area contributed by atoms with Crippen molar-refractivity contribution in [1.29, 1.82) is 0 Å². The van der Waals surface area contributed by atoms with E-state index in [-0.39, 0.29) is 22.7 Å². The van der Waals surface area contributed by atoms with Crippen LogP contribution in [0.15, 0.2) is 23.6 Å². The molecule has 1 aromatic carbocycles. The molecule has 0 unspecified atom stereocenters. The Morgan fingerprint density at radius 2 is 1.84 bits per heavy atom. The van der Waals surface area contributed by atoms with Crippen LogP contribution in [0.5, 0.6) is 0 Å². The maximum absolute atomic E-state index is 13.0. The lowest BCUT2D eigenvalue weighted by Gasteiger charge is -2.31. The van der Waals surface area contributed by atoms with Crippen LogP contribution in [0.25, 0.3) is 0 Å². The number of amides is 2. The molecule has 172 valence electrons. The Labute approximate surface area is 199 Å². The molecule has 2 amide bonds. The van der Waals surface area contributed by atoms with Gasteiger partial charge >= 0.3 is 0 Å². The molecule has 0 bridgehead atoms. The van der Waals surface area contributed by atoms with Crippen LogP contribution in [-0.2, 0) is 11.3 Å². The van der Waals surface area contributed by atoms with Crippen LogP contribution in [0, 0.1) is 23.7 Å². The number of nitrogens with zero attached hydrogens (tertiary/aromatic N) is 2. The van der Waals surface area contributed by atoms with Crippen LogP contribution >= 0.6 is 22.9 Å². The molecule has 2 fully saturated rings. The predicted octanol–water partition coefficient (Wildman–Crippen LogP) is 5.42. The Hall–Kier alpha value is -1.92. The highest BCUT2D eigenvalue weighted by Crippen LogP contribution is 2.68. The van der Waals surface area contributed by atoms with Gasteiger partial charge in [0, 0.05) is 41.9 Å². The van der Waals surface area contributed by atoms with Gasteiger partial charge in [-0.15, -0.1) is 11.3 Å². The maximum Gasteiger partial charge on any atom is 0.271 e. The summed E-state index contributed by atoms with van der Waals surface area (Å²) >= 11 is 7.55. The van der Waals surface area contributed by atoms with Crippen molar-refractivity contribution in [2.24, 2.45) is 16.7 Å². The second kappa shape index (κ2) is 8.45. The van der Waals surface area contributed by atoms with Crippen molar-refractivity contribution in [2.75, 3.05) is 13.1 Å². The maximum atomic E-state index is 13.0. The number of carbonyl (C=O) groups excluding carboxylic acids is 2. The van der Waals surface area contributed by atoms with Crippen LogP contribution in [-0.4, -0.2) is 34.8 Å². The number of thiazole rings is 1. The number of rotatable bonds is 5. The molecule has 1 saturated heterocycles. The highest BCUT2D eigenvalue weighted by Gasteiger charge is 2.68. The number of aromatic nitrogens is 1. The van der Waals surface area contributed by atoms with Gasteiger partial charge in [-0.1, -0.05) is 45.4 Å². The first kappa shape index (κ1) is 23.2. The molecule has 1 aliphatic heterocycles. The average Bonchev–Trinajstić information content (AvgIpc) is 3.07. The molecule has 0 atom stereocenters. The number of aryl methyl sites for hydroxylation is 1. The van der Waals surface area contributed by atoms with E-state index >= 15 is 0 Å². The zero-order valence-electron chi connectivity index (χ0n) is 19.5. The largest absolute Gasteiger partial charge is 0.347 e. The predicted molar refractivity (Wildman–Crippen MR) is 129 cm³/mol. The van der Waals surface area contributed by atoms with Crippen molar-refractivity contribution >= 4 is 34.8 Å². The van der Waals surface area contributed by atoms with Gasteiger partial charge in [-0.2, -0.15) is 0 Å². The van der Waals surface area contributed by atoms with Gasteiger partial charge in [-0.25, -0.2) is 4.98 Å². The highest BCUT2D eigenvalue weighted by atomic mass is 35.5. The number of piperidine rings is 1. The molecule has 4 rings (SSSR count). The molecule has 32 heavy (non-hydrogen) atoms. The second-order valence-corrected chi connectivity index (χ2v) is 11.6. The van der Waals surface area contributed by atoms with Gasteiger partial charge in [0.25, 0.3) is 5.91 Å². The first-order chi connectivity index (χ1) is 15.0. The van der Waals surface area contributed by atoms with Crippen molar-refractivity contribution in [1.82, 2.24) is 15.2 Å². The molecular formula is C25H32ClN3O2S. The Bertz CT molecular complexity index is 1020. The van der Waals surface area contributed by atoms with Crippen molar-refractivity contribution < 1.29 is 9.59 Å². The molecule has 7 heteroatoms. The molecule has 1 saturated carbocycles.